The van der Waals surface area contributed by atoms with Crippen molar-refractivity contribution >= 4 is 11.6 Å². The van der Waals surface area contributed by atoms with Crippen LogP contribution in [-0.2, 0) is 9.59 Å². The van der Waals surface area contributed by atoms with Gasteiger partial charge in [0.2, 0.25) is 11.6 Å². The van der Waals surface area contributed by atoms with E-state index >= 15 is 0 Å². The first-order valence-electron chi connectivity index (χ1n) is 3.13. The van der Waals surface area contributed by atoms with Crippen LogP contribution < -0.4 is 11.5 Å². The maximum Gasteiger partial charge on any atom is 0.203 e. The lowest BCUT2D eigenvalue weighted by Gasteiger charge is -1.99. The molecule has 0 radical (unpaired) electrons. The lowest BCUT2D eigenvalue weighted by molar-refractivity contribution is -0.113. The predicted molar refractivity (Wildman–Crippen MR) is 45.8 cm³/mol. The van der Waals surface area contributed by atoms with Crippen molar-refractivity contribution in [2.45, 2.75) is 0 Å². The van der Waals surface area contributed by atoms with E-state index in [-0.39, 0.29) is 11.4 Å². The summed E-state index contributed by atoms with van der Waals surface area (Å²) in [5.74, 6) is -1.13. The molecule has 0 aromatic rings. The SMILES string of the molecule is C=CC(=O)C(N)=C(N)C(=O)C=C. The third-order valence-corrected chi connectivity index (χ3v) is 1.19. The van der Waals surface area contributed by atoms with Crippen molar-refractivity contribution in [1.82, 2.24) is 0 Å². The first kappa shape index (κ1) is 10.2. The van der Waals surface area contributed by atoms with Gasteiger partial charge in [0, 0.05) is 0 Å². The summed E-state index contributed by atoms with van der Waals surface area (Å²) >= 11 is 0. The van der Waals surface area contributed by atoms with Crippen molar-refractivity contribution in [3.05, 3.63) is 36.7 Å². The summed E-state index contributed by atoms with van der Waals surface area (Å²) in [5.41, 5.74) is 9.83. The number of hydrogen-bond donors (Lipinski definition) is 2. The first-order chi connectivity index (χ1) is 5.54. The van der Waals surface area contributed by atoms with Gasteiger partial charge in [-0.25, -0.2) is 0 Å². The summed E-state index contributed by atoms with van der Waals surface area (Å²) < 4.78 is 0. The van der Waals surface area contributed by atoms with Gasteiger partial charge in [0.1, 0.15) is 11.4 Å². The number of nitrogens with two attached hydrogens (primary N) is 2. The minimum Gasteiger partial charge on any atom is -0.394 e. The number of carbonyl (C=O) groups excluding carboxylic acids is 2. The Morgan fingerprint density at radius 2 is 1.17 bits per heavy atom. The maximum absolute atomic E-state index is 10.8. The Morgan fingerprint density at radius 3 is 1.33 bits per heavy atom. The highest BCUT2D eigenvalue weighted by molar-refractivity contribution is 6.12. The van der Waals surface area contributed by atoms with Gasteiger partial charge in [-0.05, 0) is 12.2 Å². The minimum atomic E-state index is -0.567. The molecule has 0 amide bonds. The van der Waals surface area contributed by atoms with Crippen molar-refractivity contribution in [1.29, 1.82) is 0 Å². The van der Waals surface area contributed by atoms with Gasteiger partial charge in [-0.15, -0.1) is 0 Å². The van der Waals surface area contributed by atoms with Crippen LogP contribution in [0, 0.1) is 0 Å². The number of allylic oxidation sites excluding steroid dienone is 2. The van der Waals surface area contributed by atoms with Crippen LogP contribution in [0.2, 0.25) is 0 Å². The Kier molecular flexibility index (Phi) is 3.49. The topological polar surface area (TPSA) is 86.2 Å². The molecule has 0 saturated heterocycles. The molecular formula is C8H10N2O2. The molecule has 4 heteroatoms. The minimum absolute atomic E-state index is 0.296. The van der Waals surface area contributed by atoms with Gasteiger partial charge < -0.3 is 11.5 Å². The van der Waals surface area contributed by atoms with Crippen molar-refractivity contribution in [2.24, 2.45) is 11.5 Å². The Labute approximate surface area is 70.2 Å². The summed E-state index contributed by atoms with van der Waals surface area (Å²) in [4.78, 5) is 21.6. The molecule has 0 aliphatic heterocycles. The normalized spacial score (nSPS) is 11.3. The van der Waals surface area contributed by atoms with Crippen LogP contribution in [-0.4, -0.2) is 11.6 Å². The van der Waals surface area contributed by atoms with Crippen molar-refractivity contribution < 1.29 is 9.59 Å². The van der Waals surface area contributed by atoms with E-state index < -0.39 is 11.6 Å². The largest absolute Gasteiger partial charge is 0.394 e. The lowest BCUT2D eigenvalue weighted by Crippen LogP contribution is -2.21. The Bertz CT molecular complexity index is 249. The van der Waals surface area contributed by atoms with Gasteiger partial charge >= 0.3 is 0 Å². The summed E-state index contributed by atoms with van der Waals surface area (Å²) in [6.07, 6.45) is 1.97. The van der Waals surface area contributed by atoms with Crippen LogP contribution in [0.25, 0.3) is 0 Å². The highest BCUT2D eigenvalue weighted by atomic mass is 16.1. The summed E-state index contributed by atoms with van der Waals surface area (Å²) in [6.45, 7) is 6.39. The smallest absolute Gasteiger partial charge is 0.203 e. The van der Waals surface area contributed by atoms with Crippen LogP contribution in [0.5, 0.6) is 0 Å². The van der Waals surface area contributed by atoms with Crippen molar-refractivity contribution in [2.75, 3.05) is 0 Å². The number of ketones is 2. The highest BCUT2D eigenvalue weighted by Crippen LogP contribution is 1.96. The second-order valence-electron chi connectivity index (χ2n) is 1.96. The molecule has 12 heavy (non-hydrogen) atoms. The average Bonchev–Trinajstić information content (AvgIpc) is 2.12. The highest BCUT2D eigenvalue weighted by Gasteiger charge is 2.10. The molecule has 0 bridgehead atoms. The van der Waals surface area contributed by atoms with E-state index in [1.165, 1.54) is 0 Å². The Morgan fingerprint density at radius 1 is 0.917 bits per heavy atom. The standard InChI is InChI=1S/C8H10N2O2/c1-3-5(11)7(9)8(10)6(12)4-2/h3-4H,1-2,9-10H2. The zero-order valence-corrected chi connectivity index (χ0v) is 6.54. The molecule has 0 saturated carbocycles. The van der Waals surface area contributed by atoms with Gasteiger partial charge in [0.05, 0.1) is 0 Å². The van der Waals surface area contributed by atoms with Gasteiger partial charge in [0.25, 0.3) is 0 Å². The monoisotopic (exact) mass is 166 g/mol. The second-order valence-corrected chi connectivity index (χ2v) is 1.96. The third kappa shape index (κ3) is 2.09. The fraction of sp³-hybridized carbons (Fsp3) is 0. The maximum atomic E-state index is 10.8. The molecule has 0 aromatic carbocycles. The summed E-state index contributed by atoms with van der Waals surface area (Å²) in [5, 5.41) is 0. The van der Waals surface area contributed by atoms with E-state index in [1.807, 2.05) is 0 Å². The van der Waals surface area contributed by atoms with Crippen LogP contribution >= 0.6 is 0 Å². The van der Waals surface area contributed by atoms with E-state index in [2.05, 4.69) is 13.2 Å². The predicted octanol–water partition coefficient (Wildman–Crippen LogP) is -0.374. The average molecular weight is 166 g/mol. The van der Waals surface area contributed by atoms with Crippen LogP contribution in [0.1, 0.15) is 0 Å². The summed E-state index contributed by atoms with van der Waals surface area (Å²) in [6, 6.07) is 0. The van der Waals surface area contributed by atoms with Crippen molar-refractivity contribution in [3.8, 4) is 0 Å². The third-order valence-electron chi connectivity index (χ3n) is 1.19. The molecule has 0 heterocycles. The molecular weight excluding hydrogens is 156 g/mol. The zero-order chi connectivity index (χ0) is 9.72. The van der Waals surface area contributed by atoms with E-state index in [0.717, 1.165) is 12.2 Å². The number of hydrogen-bond acceptors (Lipinski definition) is 4. The first-order valence-corrected chi connectivity index (χ1v) is 3.13. The quantitative estimate of drug-likeness (QED) is 0.557. The molecule has 4 nitrogen and oxygen atoms in total. The van der Waals surface area contributed by atoms with Crippen LogP contribution in [0.4, 0.5) is 0 Å². The van der Waals surface area contributed by atoms with Gasteiger partial charge in [-0.1, -0.05) is 13.2 Å². The number of rotatable bonds is 4. The van der Waals surface area contributed by atoms with Gasteiger partial charge in [-0.2, -0.15) is 0 Å². The van der Waals surface area contributed by atoms with Crippen LogP contribution in [0.15, 0.2) is 36.7 Å². The fourth-order valence-corrected chi connectivity index (χ4v) is 0.485. The molecule has 0 rings (SSSR count). The molecule has 64 valence electrons. The fourth-order valence-electron chi connectivity index (χ4n) is 0.485. The molecule has 0 atom stereocenters. The van der Waals surface area contributed by atoms with Crippen LogP contribution in [0.3, 0.4) is 0 Å². The van der Waals surface area contributed by atoms with E-state index in [1.54, 1.807) is 0 Å². The van der Waals surface area contributed by atoms with Crippen molar-refractivity contribution in [3.63, 3.8) is 0 Å². The molecule has 4 N–H and O–H groups in total. The summed E-state index contributed by atoms with van der Waals surface area (Å²) in [7, 11) is 0. The van der Waals surface area contributed by atoms with E-state index in [9.17, 15) is 9.59 Å². The molecule has 0 spiro atoms. The molecule has 0 aromatic heterocycles. The molecule has 0 fully saturated rings. The Hall–Kier alpha value is -1.84. The molecule has 0 aliphatic carbocycles. The lowest BCUT2D eigenvalue weighted by atomic mass is 10.2. The molecule has 0 aliphatic rings. The van der Waals surface area contributed by atoms with Gasteiger partial charge in [-0.3, -0.25) is 9.59 Å². The second kappa shape index (κ2) is 4.12. The van der Waals surface area contributed by atoms with E-state index in [4.69, 9.17) is 11.5 Å². The zero-order valence-electron chi connectivity index (χ0n) is 6.54. The Balaban J connectivity index is 4.92. The van der Waals surface area contributed by atoms with Gasteiger partial charge in [0.15, 0.2) is 0 Å². The van der Waals surface area contributed by atoms with E-state index in [0.29, 0.717) is 0 Å². The number of carbonyl (C=O) groups is 2. The molecule has 0 unspecified atom stereocenters.